The zero-order chi connectivity index (χ0) is 19.0. The Morgan fingerprint density at radius 2 is 1.96 bits per heavy atom. The first kappa shape index (κ1) is 17.8. The topological polar surface area (TPSA) is 55.5 Å². The number of fused-ring (bicyclic) bond motifs is 1. The van der Waals surface area contributed by atoms with Gasteiger partial charge in [-0.25, -0.2) is 9.18 Å². The van der Waals surface area contributed by atoms with E-state index in [1.54, 1.807) is 30.3 Å². The van der Waals surface area contributed by atoms with Gasteiger partial charge in [-0.05, 0) is 42.7 Å². The molecule has 1 heterocycles. The molecule has 4 rings (SSSR count). The van der Waals surface area contributed by atoms with Crippen molar-refractivity contribution >= 4 is 28.6 Å². The molecule has 2 aromatic carbocycles. The van der Waals surface area contributed by atoms with Crippen molar-refractivity contribution in [2.75, 3.05) is 0 Å². The van der Waals surface area contributed by atoms with Gasteiger partial charge in [0.05, 0.1) is 5.52 Å². The van der Waals surface area contributed by atoms with Gasteiger partial charge in [0.25, 0.3) is 0 Å². The van der Waals surface area contributed by atoms with Gasteiger partial charge in [-0.3, -0.25) is 9.36 Å². The number of nitrogens with zero attached hydrogens (tertiary/aromatic N) is 2. The van der Waals surface area contributed by atoms with Gasteiger partial charge < -0.3 is 9.32 Å². The predicted molar refractivity (Wildman–Crippen MR) is 100 cm³/mol. The van der Waals surface area contributed by atoms with Crippen LogP contribution in [0.4, 0.5) is 4.39 Å². The Morgan fingerprint density at radius 1 is 1.22 bits per heavy atom. The molecular formula is C20H18ClFN2O3. The molecule has 0 unspecified atom stereocenters. The Kier molecular flexibility index (Phi) is 4.74. The average molecular weight is 389 g/mol. The number of benzene rings is 2. The van der Waals surface area contributed by atoms with E-state index in [1.165, 1.54) is 16.7 Å². The Balaban J connectivity index is 1.48. The second-order valence-electron chi connectivity index (χ2n) is 6.76. The molecule has 1 amide bonds. The zero-order valence-electron chi connectivity index (χ0n) is 14.5. The highest BCUT2D eigenvalue weighted by atomic mass is 35.5. The zero-order valence-corrected chi connectivity index (χ0v) is 15.3. The number of oxazole rings is 1. The van der Waals surface area contributed by atoms with Gasteiger partial charge in [-0.1, -0.05) is 23.7 Å². The van der Waals surface area contributed by atoms with Crippen molar-refractivity contribution in [2.24, 2.45) is 0 Å². The van der Waals surface area contributed by atoms with Crippen molar-refractivity contribution in [1.29, 1.82) is 0 Å². The smallest absolute Gasteiger partial charge is 0.408 e. The van der Waals surface area contributed by atoms with Crippen molar-refractivity contribution in [2.45, 2.75) is 38.4 Å². The van der Waals surface area contributed by atoms with E-state index in [2.05, 4.69) is 0 Å². The van der Waals surface area contributed by atoms with Gasteiger partial charge in [0, 0.05) is 36.6 Å². The second-order valence-corrected chi connectivity index (χ2v) is 7.20. The molecule has 3 aromatic rings. The first-order valence-corrected chi connectivity index (χ1v) is 9.22. The summed E-state index contributed by atoms with van der Waals surface area (Å²) < 4.78 is 19.7. The largest absolute Gasteiger partial charge is 0.419 e. The summed E-state index contributed by atoms with van der Waals surface area (Å²) in [5.74, 6) is -0.831. The fraction of sp³-hybridized carbons (Fsp3) is 0.300. The summed E-state index contributed by atoms with van der Waals surface area (Å²) >= 11 is 5.92. The summed E-state index contributed by atoms with van der Waals surface area (Å²) in [6.45, 7) is 0.680. The lowest BCUT2D eigenvalue weighted by Gasteiger charge is -2.22. The monoisotopic (exact) mass is 388 g/mol. The number of halogens is 2. The van der Waals surface area contributed by atoms with Crippen LogP contribution < -0.4 is 5.76 Å². The fourth-order valence-electron chi connectivity index (χ4n) is 3.20. The highest BCUT2D eigenvalue weighted by Crippen LogP contribution is 2.29. The number of hydrogen-bond acceptors (Lipinski definition) is 3. The average Bonchev–Trinajstić information content (AvgIpc) is 3.43. The number of rotatable bonds is 6. The number of amides is 1. The van der Waals surface area contributed by atoms with Crippen LogP contribution in [0.15, 0.2) is 51.7 Å². The maximum atomic E-state index is 13.1. The van der Waals surface area contributed by atoms with E-state index in [0.29, 0.717) is 22.7 Å². The van der Waals surface area contributed by atoms with Gasteiger partial charge in [0.2, 0.25) is 5.91 Å². The minimum absolute atomic E-state index is 0.0305. The molecule has 0 radical (unpaired) electrons. The highest BCUT2D eigenvalue weighted by molar-refractivity contribution is 6.31. The molecule has 0 saturated heterocycles. The Labute approximate surface area is 159 Å². The van der Waals surface area contributed by atoms with E-state index in [-0.39, 0.29) is 30.7 Å². The lowest BCUT2D eigenvalue weighted by Crippen LogP contribution is -2.33. The van der Waals surface area contributed by atoms with Crippen LogP contribution in [0.5, 0.6) is 0 Å². The molecule has 1 saturated carbocycles. The fourth-order valence-corrected chi connectivity index (χ4v) is 3.36. The quantitative estimate of drug-likeness (QED) is 0.642. The van der Waals surface area contributed by atoms with Crippen molar-refractivity contribution in [3.63, 3.8) is 0 Å². The molecule has 5 nitrogen and oxygen atoms in total. The Hall–Kier alpha value is -2.60. The molecule has 0 aliphatic heterocycles. The molecule has 1 aliphatic carbocycles. The third kappa shape index (κ3) is 3.90. The SMILES string of the molecule is O=C(CCn1c(=O)oc2cc(Cl)ccc21)N(Cc1ccc(F)cc1)C1CC1. The van der Waals surface area contributed by atoms with Crippen LogP contribution in [0.2, 0.25) is 5.02 Å². The van der Waals surface area contributed by atoms with E-state index in [1.807, 2.05) is 4.90 Å². The normalized spacial score (nSPS) is 13.9. The number of aryl methyl sites for hydroxylation is 1. The summed E-state index contributed by atoms with van der Waals surface area (Å²) in [6.07, 6.45) is 2.13. The van der Waals surface area contributed by atoms with Crippen LogP contribution in [-0.4, -0.2) is 21.4 Å². The molecule has 1 fully saturated rings. The molecule has 0 atom stereocenters. The first-order valence-electron chi connectivity index (χ1n) is 8.84. The van der Waals surface area contributed by atoms with Gasteiger partial charge in [0.15, 0.2) is 5.58 Å². The number of hydrogen-bond donors (Lipinski definition) is 0. The molecule has 7 heteroatoms. The molecule has 0 N–H and O–H groups in total. The summed E-state index contributed by atoms with van der Waals surface area (Å²) in [5, 5.41) is 0.485. The molecular weight excluding hydrogens is 371 g/mol. The van der Waals surface area contributed by atoms with Crippen LogP contribution in [-0.2, 0) is 17.9 Å². The van der Waals surface area contributed by atoms with Crippen molar-refractivity contribution < 1.29 is 13.6 Å². The van der Waals surface area contributed by atoms with Gasteiger partial charge in [-0.15, -0.1) is 0 Å². The van der Waals surface area contributed by atoms with E-state index in [4.69, 9.17) is 16.0 Å². The molecule has 27 heavy (non-hydrogen) atoms. The molecule has 1 aromatic heterocycles. The molecule has 0 spiro atoms. The molecule has 0 bridgehead atoms. The molecule has 140 valence electrons. The van der Waals surface area contributed by atoms with Crippen LogP contribution in [0.1, 0.15) is 24.8 Å². The predicted octanol–water partition coefficient (Wildman–Crippen LogP) is 3.97. The van der Waals surface area contributed by atoms with Gasteiger partial charge in [-0.2, -0.15) is 0 Å². The summed E-state index contributed by atoms with van der Waals surface area (Å²) in [4.78, 5) is 26.7. The highest BCUT2D eigenvalue weighted by Gasteiger charge is 2.32. The van der Waals surface area contributed by atoms with Crippen molar-refractivity contribution in [3.8, 4) is 0 Å². The standard InChI is InChI=1S/C20H18ClFN2O3/c21-14-3-8-17-18(11-14)27-20(26)23(17)10-9-19(25)24(16-6-7-16)12-13-1-4-15(22)5-2-13/h1-5,8,11,16H,6-7,9-10,12H2. The minimum atomic E-state index is -0.503. The third-order valence-electron chi connectivity index (χ3n) is 4.75. The second kappa shape index (κ2) is 7.19. The summed E-state index contributed by atoms with van der Waals surface area (Å²) in [5.41, 5.74) is 1.91. The van der Waals surface area contributed by atoms with Crippen LogP contribution >= 0.6 is 11.6 Å². The lowest BCUT2D eigenvalue weighted by atomic mass is 10.2. The number of carbonyl (C=O) groups is 1. The number of aromatic nitrogens is 1. The van der Waals surface area contributed by atoms with E-state index in [9.17, 15) is 14.0 Å². The van der Waals surface area contributed by atoms with E-state index >= 15 is 0 Å². The van der Waals surface area contributed by atoms with Crippen molar-refractivity contribution in [1.82, 2.24) is 9.47 Å². The molecule has 1 aliphatic rings. The lowest BCUT2D eigenvalue weighted by molar-refractivity contribution is -0.132. The Bertz CT molecular complexity index is 1040. The first-order chi connectivity index (χ1) is 13.0. The van der Waals surface area contributed by atoms with Gasteiger partial charge in [0.1, 0.15) is 5.82 Å². The Morgan fingerprint density at radius 3 is 2.67 bits per heavy atom. The van der Waals surface area contributed by atoms with Crippen molar-refractivity contribution in [3.05, 3.63) is 69.4 Å². The van der Waals surface area contributed by atoms with Crippen LogP contribution in [0.3, 0.4) is 0 Å². The maximum Gasteiger partial charge on any atom is 0.419 e. The minimum Gasteiger partial charge on any atom is -0.408 e. The summed E-state index contributed by atoms with van der Waals surface area (Å²) in [7, 11) is 0. The third-order valence-corrected chi connectivity index (χ3v) is 4.99. The van der Waals surface area contributed by atoms with Crippen LogP contribution in [0, 0.1) is 5.82 Å². The van der Waals surface area contributed by atoms with E-state index in [0.717, 1.165) is 18.4 Å². The van der Waals surface area contributed by atoms with Crippen LogP contribution in [0.25, 0.3) is 11.1 Å². The maximum absolute atomic E-state index is 13.1. The summed E-state index contributed by atoms with van der Waals surface area (Å²) in [6, 6.07) is 11.4. The number of carbonyl (C=O) groups excluding carboxylic acids is 1. The van der Waals surface area contributed by atoms with E-state index < -0.39 is 5.76 Å². The van der Waals surface area contributed by atoms with Gasteiger partial charge >= 0.3 is 5.76 Å².